The summed E-state index contributed by atoms with van der Waals surface area (Å²) in [6.07, 6.45) is 0. The first-order valence-corrected chi connectivity index (χ1v) is 6.57. The zero-order valence-corrected chi connectivity index (χ0v) is 11.7. The number of hydrogen-bond acceptors (Lipinski definition) is 4. The van der Waals surface area contributed by atoms with Gasteiger partial charge in [-0.1, -0.05) is 47.6 Å². The summed E-state index contributed by atoms with van der Waals surface area (Å²) in [6, 6.07) is 13.0. The van der Waals surface area contributed by atoms with Gasteiger partial charge in [-0.15, -0.1) is 0 Å². The molecule has 21 heavy (non-hydrogen) atoms. The molecule has 0 saturated heterocycles. The van der Waals surface area contributed by atoms with Gasteiger partial charge in [0, 0.05) is 18.0 Å². The van der Waals surface area contributed by atoms with E-state index in [9.17, 15) is 4.79 Å². The predicted octanol–water partition coefficient (Wildman–Crippen LogP) is 2.95. The molecule has 0 aliphatic carbocycles. The number of carbonyl (C=O) groups excluding carboxylic acids is 1. The molecule has 2 rings (SSSR count). The van der Waals surface area contributed by atoms with Crippen molar-refractivity contribution in [3.8, 4) is 0 Å². The van der Waals surface area contributed by atoms with E-state index in [0.29, 0.717) is 6.54 Å². The summed E-state index contributed by atoms with van der Waals surface area (Å²) in [7, 11) is 1.36. The molecule has 0 bridgehead atoms. The molecule has 0 aromatic heterocycles. The molecule has 0 aliphatic heterocycles. The molecular weight excluding hydrogens is 268 g/mol. The lowest BCUT2D eigenvalue weighted by molar-refractivity contribution is -0.143. The molecule has 1 N–H and O–H groups in total. The van der Waals surface area contributed by atoms with E-state index in [1.807, 2.05) is 42.5 Å². The van der Waals surface area contributed by atoms with Gasteiger partial charge in [0.15, 0.2) is 0 Å². The zero-order valence-electron chi connectivity index (χ0n) is 11.7. The molecule has 0 spiro atoms. The lowest BCUT2D eigenvalue weighted by Gasteiger charge is -2.18. The minimum Gasteiger partial charge on any atom is -0.468 e. The van der Waals surface area contributed by atoms with Crippen molar-refractivity contribution in [2.45, 2.75) is 6.04 Å². The van der Waals surface area contributed by atoms with E-state index in [0.717, 1.165) is 16.3 Å². The monoisotopic (exact) mass is 284 g/mol. The fourth-order valence-electron chi connectivity index (χ4n) is 2.24. The van der Waals surface area contributed by atoms with Crippen molar-refractivity contribution in [1.29, 1.82) is 0 Å². The number of rotatable bonds is 6. The minimum atomic E-state index is -0.588. The number of hydrogen-bond donors (Lipinski definition) is 1. The van der Waals surface area contributed by atoms with Gasteiger partial charge in [-0.25, -0.2) is 4.79 Å². The van der Waals surface area contributed by atoms with Gasteiger partial charge in [-0.2, -0.15) is 0 Å². The summed E-state index contributed by atoms with van der Waals surface area (Å²) in [4.78, 5) is 14.7. The second-order valence-corrected chi connectivity index (χ2v) is 4.43. The van der Waals surface area contributed by atoms with Crippen molar-refractivity contribution in [3.05, 3.63) is 58.5 Å². The van der Waals surface area contributed by atoms with Crippen LogP contribution in [-0.4, -0.2) is 26.2 Å². The van der Waals surface area contributed by atoms with Gasteiger partial charge in [0.1, 0.15) is 6.04 Å². The average molecular weight is 284 g/mol. The van der Waals surface area contributed by atoms with Crippen molar-refractivity contribution >= 4 is 16.7 Å². The van der Waals surface area contributed by atoms with Crippen molar-refractivity contribution in [2.24, 2.45) is 5.11 Å². The Hall–Kier alpha value is -2.56. The highest BCUT2D eigenvalue weighted by molar-refractivity contribution is 5.90. The smallest absolute Gasteiger partial charge is 0.327 e. The van der Waals surface area contributed by atoms with E-state index in [-0.39, 0.29) is 12.5 Å². The Morgan fingerprint density at radius 1 is 1.33 bits per heavy atom. The lowest BCUT2D eigenvalue weighted by Crippen LogP contribution is -2.31. The van der Waals surface area contributed by atoms with Crippen LogP contribution in [0.4, 0.5) is 0 Å². The lowest BCUT2D eigenvalue weighted by atomic mass is 9.98. The normalized spacial score (nSPS) is 11.7. The molecule has 0 heterocycles. The van der Waals surface area contributed by atoms with E-state index in [2.05, 4.69) is 15.3 Å². The minimum absolute atomic E-state index is 0.273. The molecule has 0 aliphatic rings. The molecule has 6 nitrogen and oxygen atoms in total. The number of ether oxygens (including phenoxy) is 1. The van der Waals surface area contributed by atoms with E-state index in [4.69, 9.17) is 10.3 Å². The Kier molecular flexibility index (Phi) is 5.15. The number of nitrogens with one attached hydrogen (secondary N) is 1. The van der Waals surface area contributed by atoms with Crippen molar-refractivity contribution in [2.75, 3.05) is 20.2 Å². The molecule has 0 saturated carbocycles. The Morgan fingerprint density at radius 3 is 2.86 bits per heavy atom. The second-order valence-electron chi connectivity index (χ2n) is 4.43. The summed E-state index contributed by atoms with van der Waals surface area (Å²) in [6.45, 7) is 0.668. The Morgan fingerprint density at radius 2 is 2.10 bits per heavy atom. The van der Waals surface area contributed by atoms with Gasteiger partial charge in [0.2, 0.25) is 0 Å². The predicted molar refractivity (Wildman–Crippen MR) is 80.7 cm³/mol. The van der Waals surface area contributed by atoms with Crippen LogP contribution in [0.1, 0.15) is 11.6 Å². The SMILES string of the molecule is COC(=O)C(NCCN=[N+]=[N-])c1cccc2ccccc12. The molecule has 108 valence electrons. The molecule has 0 amide bonds. The van der Waals surface area contributed by atoms with Crippen molar-refractivity contribution in [1.82, 2.24) is 5.32 Å². The number of benzene rings is 2. The summed E-state index contributed by atoms with van der Waals surface area (Å²) in [5.74, 6) is -0.368. The third-order valence-electron chi connectivity index (χ3n) is 3.19. The summed E-state index contributed by atoms with van der Waals surface area (Å²) < 4.78 is 4.87. The van der Waals surface area contributed by atoms with Gasteiger partial charge in [0.25, 0.3) is 0 Å². The Labute approximate surface area is 122 Å². The van der Waals surface area contributed by atoms with Gasteiger partial charge >= 0.3 is 5.97 Å². The number of azide groups is 1. The molecule has 0 radical (unpaired) electrons. The summed E-state index contributed by atoms with van der Waals surface area (Å²) in [5, 5.41) is 8.57. The van der Waals surface area contributed by atoms with E-state index < -0.39 is 6.04 Å². The third-order valence-corrected chi connectivity index (χ3v) is 3.19. The molecule has 2 aromatic rings. The molecule has 2 aromatic carbocycles. The maximum absolute atomic E-state index is 12.0. The van der Waals surface area contributed by atoms with Crippen LogP contribution in [0.5, 0.6) is 0 Å². The Balaban J connectivity index is 2.34. The number of fused-ring (bicyclic) bond motifs is 1. The fourth-order valence-corrected chi connectivity index (χ4v) is 2.24. The highest BCUT2D eigenvalue weighted by Gasteiger charge is 2.22. The quantitative estimate of drug-likeness (QED) is 0.291. The summed E-state index contributed by atoms with van der Waals surface area (Å²) in [5.41, 5.74) is 9.13. The van der Waals surface area contributed by atoms with Crippen molar-refractivity contribution < 1.29 is 9.53 Å². The average Bonchev–Trinajstić information content (AvgIpc) is 2.54. The van der Waals surface area contributed by atoms with Gasteiger partial charge in [-0.3, -0.25) is 0 Å². The molecule has 6 heteroatoms. The van der Waals surface area contributed by atoms with Crippen LogP contribution in [0.15, 0.2) is 47.6 Å². The number of esters is 1. The zero-order chi connectivity index (χ0) is 15.1. The Bertz CT molecular complexity index is 675. The van der Waals surface area contributed by atoms with Crippen LogP contribution in [0.3, 0.4) is 0 Å². The largest absolute Gasteiger partial charge is 0.468 e. The third kappa shape index (κ3) is 3.51. The standard InChI is InChI=1S/C15H16N4O2/c1-21-15(20)14(17-9-10-18-19-16)13-8-4-6-11-5-2-3-7-12(11)13/h2-8,14,17H,9-10H2,1H3. The first-order chi connectivity index (χ1) is 10.3. The van der Waals surface area contributed by atoms with Crippen LogP contribution in [0.25, 0.3) is 21.2 Å². The van der Waals surface area contributed by atoms with Crippen molar-refractivity contribution in [3.63, 3.8) is 0 Å². The first kappa shape index (κ1) is 14.8. The second kappa shape index (κ2) is 7.28. The van der Waals surface area contributed by atoms with E-state index in [1.165, 1.54) is 7.11 Å². The maximum atomic E-state index is 12.0. The highest BCUT2D eigenvalue weighted by atomic mass is 16.5. The highest BCUT2D eigenvalue weighted by Crippen LogP contribution is 2.25. The maximum Gasteiger partial charge on any atom is 0.327 e. The van der Waals surface area contributed by atoms with Crippen LogP contribution in [0.2, 0.25) is 0 Å². The van der Waals surface area contributed by atoms with Crippen LogP contribution < -0.4 is 5.32 Å². The molecule has 1 unspecified atom stereocenters. The van der Waals surface area contributed by atoms with Gasteiger partial charge in [-0.05, 0) is 21.9 Å². The summed E-state index contributed by atoms with van der Waals surface area (Å²) >= 11 is 0. The van der Waals surface area contributed by atoms with Gasteiger partial charge < -0.3 is 10.1 Å². The first-order valence-electron chi connectivity index (χ1n) is 6.57. The van der Waals surface area contributed by atoms with Gasteiger partial charge in [0.05, 0.1) is 7.11 Å². The number of carbonyl (C=O) groups is 1. The van der Waals surface area contributed by atoms with E-state index >= 15 is 0 Å². The number of methoxy groups -OCH3 is 1. The van der Waals surface area contributed by atoms with Crippen LogP contribution in [0, 0.1) is 0 Å². The number of nitrogens with zero attached hydrogens (tertiary/aromatic N) is 3. The van der Waals surface area contributed by atoms with Crippen LogP contribution >= 0.6 is 0 Å². The van der Waals surface area contributed by atoms with Crippen LogP contribution in [-0.2, 0) is 9.53 Å². The fraction of sp³-hybridized carbons (Fsp3) is 0.267. The molecule has 0 fully saturated rings. The molecule has 1 atom stereocenters. The topological polar surface area (TPSA) is 87.1 Å². The van der Waals surface area contributed by atoms with E-state index in [1.54, 1.807) is 0 Å². The molecular formula is C15H16N4O2.